The fourth-order valence-electron chi connectivity index (χ4n) is 4.62. The van der Waals surface area contributed by atoms with Crippen LogP contribution in [-0.4, -0.2) is 43.2 Å². The van der Waals surface area contributed by atoms with E-state index in [1.54, 1.807) is 16.4 Å². The molecule has 2 aliphatic heterocycles. The Morgan fingerprint density at radius 1 is 0.967 bits per heavy atom. The first-order valence-electron chi connectivity index (χ1n) is 10.9. The van der Waals surface area contributed by atoms with Crippen molar-refractivity contribution in [2.45, 2.75) is 50.5 Å². The molecule has 0 unspecified atom stereocenters. The van der Waals surface area contributed by atoms with Crippen molar-refractivity contribution < 1.29 is 13.2 Å². The predicted molar refractivity (Wildman–Crippen MR) is 117 cm³/mol. The van der Waals surface area contributed by atoms with Crippen LogP contribution in [-0.2, 0) is 27.8 Å². The summed E-state index contributed by atoms with van der Waals surface area (Å²) in [6, 6.07) is 15.5. The normalized spacial score (nSPS) is 18.2. The molecule has 0 aromatic heterocycles. The van der Waals surface area contributed by atoms with Gasteiger partial charge in [-0.2, -0.15) is 4.31 Å². The molecule has 2 heterocycles. The minimum Gasteiger partial charge on any atom is -0.338 e. The lowest BCUT2D eigenvalue weighted by molar-refractivity contribution is -0.132. The molecule has 4 rings (SSSR count). The standard InChI is InChI=1S/C24H30N2O3S/c1-19-6-2-5-9-23(19)30(28,29)26-16-12-20(13-17-26)10-11-24(27)25-15-14-21-7-3-4-8-22(21)18-25/h2-9,20H,10-18H2,1H3. The number of hydrogen-bond acceptors (Lipinski definition) is 3. The Labute approximate surface area is 179 Å². The highest BCUT2D eigenvalue weighted by Gasteiger charge is 2.30. The summed E-state index contributed by atoms with van der Waals surface area (Å²) in [4.78, 5) is 15.1. The lowest BCUT2D eigenvalue weighted by Gasteiger charge is -2.32. The highest BCUT2D eigenvalue weighted by atomic mass is 32.2. The van der Waals surface area contributed by atoms with Gasteiger partial charge < -0.3 is 4.90 Å². The first-order valence-corrected chi connectivity index (χ1v) is 12.3. The summed E-state index contributed by atoms with van der Waals surface area (Å²) in [7, 11) is -3.43. The van der Waals surface area contributed by atoms with Gasteiger partial charge in [-0.1, -0.05) is 42.5 Å². The molecule has 1 fully saturated rings. The predicted octanol–water partition coefficient (Wildman–Crippen LogP) is 3.76. The van der Waals surface area contributed by atoms with Gasteiger partial charge in [0.1, 0.15) is 0 Å². The van der Waals surface area contributed by atoms with Crippen molar-refractivity contribution in [3.8, 4) is 0 Å². The van der Waals surface area contributed by atoms with Crippen molar-refractivity contribution in [3.63, 3.8) is 0 Å². The second-order valence-electron chi connectivity index (χ2n) is 8.49. The molecule has 1 saturated heterocycles. The third-order valence-electron chi connectivity index (χ3n) is 6.53. The molecule has 2 aromatic carbocycles. The van der Waals surface area contributed by atoms with Crippen molar-refractivity contribution in [3.05, 3.63) is 65.2 Å². The van der Waals surface area contributed by atoms with Crippen LogP contribution in [0.3, 0.4) is 0 Å². The first kappa shape index (κ1) is 21.1. The molecule has 5 nitrogen and oxygen atoms in total. The fraction of sp³-hybridized carbons (Fsp3) is 0.458. The Balaban J connectivity index is 1.27. The topological polar surface area (TPSA) is 57.7 Å². The number of amides is 1. The van der Waals surface area contributed by atoms with E-state index < -0.39 is 10.0 Å². The van der Waals surface area contributed by atoms with Crippen LogP contribution < -0.4 is 0 Å². The molecule has 1 amide bonds. The average molecular weight is 427 g/mol. The largest absolute Gasteiger partial charge is 0.338 e. The molecule has 6 heteroatoms. The minimum atomic E-state index is -3.43. The number of sulfonamides is 1. The third kappa shape index (κ3) is 4.44. The lowest BCUT2D eigenvalue weighted by atomic mass is 9.92. The van der Waals surface area contributed by atoms with E-state index in [1.165, 1.54) is 11.1 Å². The van der Waals surface area contributed by atoms with Crippen LogP contribution in [0, 0.1) is 12.8 Å². The van der Waals surface area contributed by atoms with Crippen LogP contribution in [0.5, 0.6) is 0 Å². The highest BCUT2D eigenvalue weighted by Crippen LogP contribution is 2.28. The maximum absolute atomic E-state index is 13.0. The van der Waals surface area contributed by atoms with Crippen LogP contribution in [0.2, 0.25) is 0 Å². The van der Waals surface area contributed by atoms with Gasteiger partial charge in [0.05, 0.1) is 4.90 Å². The molecule has 0 atom stereocenters. The summed E-state index contributed by atoms with van der Waals surface area (Å²) in [6.07, 6.45) is 3.96. The van der Waals surface area contributed by atoms with E-state index in [0.29, 0.717) is 36.9 Å². The summed E-state index contributed by atoms with van der Waals surface area (Å²) in [5, 5.41) is 0. The number of benzene rings is 2. The zero-order valence-electron chi connectivity index (χ0n) is 17.6. The van der Waals surface area contributed by atoms with Gasteiger partial charge in [-0.25, -0.2) is 8.42 Å². The van der Waals surface area contributed by atoms with Gasteiger partial charge in [0.25, 0.3) is 0 Å². The van der Waals surface area contributed by atoms with Crippen molar-refractivity contribution in [2.75, 3.05) is 19.6 Å². The smallest absolute Gasteiger partial charge is 0.243 e. The van der Waals surface area contributed by atoms with Gasteiger partial charge in [-0.15, -0.1) is 0 Å². The van der Waals surface area contributed by atoms with E-state index >= 15 is 0 Å². The number of nitrogens with zero attached hydrogens (tertiary/aromatic N) is 2. The Morgan fingerprint density at radius 3 is 2.37 bits per heavy atom. The van der Waals surface area contributed by atoms with Gasteiger partial charge in [-0.05, 0) is 61.3 Å². The molecule has 30 heavy (non-hydrogen) atoms. The van der Waals surface area contributed by atoms with Crippen molar-refractivity contribution >= 4 is 15.9 Å². The van der Waals surface area contributed by atoms with Crippen LogP contribution in [0.25, 0.3) is 0 Å². The number of hydrogen-bond donors (Lipinski definition) is 0. The maximum atomic E-state index is 13.0. The Bertz CT molecular complexity index is 1010. The quantitative estimate of drug-likeness (QED) is 0.731. The third-order valence-corrected chi connectivity index (χ3v) is 8.59. The van der Waals surface area contributed by atoms with E-state index in [9.17, 15) is 13.2 Å². The maximum Gasteiger partial charge on any atom is 0.243 e. The van der Waals surface area contributed by atoms with Gasteiger partial charge >= 0.3 is 0 Å². The van der Waals surface area contributed by atoms with Crippen LogP contribution >= 0.6 is 0 Å². The summed E-state index contributed by atoms with van der Waals surface area (Å²) in [5.41, 5.74) is 3.39. The number of rotatable bonds is 5. The number of carbonyl (C=O) groups is 1. The summed E-state index contributed by atoms with van der Waals surface area (Å²) >= 11 is 0. The molecule has 2 aromatic rings. The zero-order chi connectivity index (χ0) is 21.1. The second-order valence-corrected chi connectivity index (χ2v) is 10.4. The van der Waals surface area contributed by atoms with Gasteiger partial charge in [0, 0.05) is 32.6 Å². The minimum absolute atomic E-state index is 0.222. The average Bonchev–Trinajstić information content (AvgIpc) is 2.77. The molecular formula is C24H30N2O3S. The second kappa shape index (κ2) is 8.90. The van der Waals surface area contributed by atoms with E-state index in [-0.39, 0.29) is 5.91 Å². The Hall–Kier alpha value is -2.18. The molecule has 160 valence electrons. The van der Waals surface area contributed by atoms with Gasteiger partial charge in [0.15, 0.2) is 0 Å². The van der Waals surface area contributed by atoms with E-state index in [1.807, 2.05) is 30.0 Å². The number of carbonyl (C=O) groups excluding carboxylic acids is 1. The summed E-state index contributed by atoms with van der Waals surface area (Å²) in [5.74, 6) is 0.633. The van der Waals surface area contributed by atoms with Crippen LogP contribution in [0.15, 0.2) is 53.4 Å². The SMILES string of the molecule is Cc1ccccc1S(=O)(=O)N1CCC(CCC(=O)N2CCc3ccccc3C2)CC1. The molecule has 2 aliphatic rings. The van der Waals surface area contributed by atoms with Crippen molar-refractivity contribution in [2.24, 2.45) is 5.92 Å². The first-order chi connectivity index (χ1) is 14.4. The molecule has 0 aliphatic carbocycles. The Kier molecular flexibility index (Phi) is 6.25. The fourth-order valence-corrected chi connectivity index (χ4v) is 6.31. The molecule has 0 bridgehead atoms. The zero-order valence-corrected chi connectivity index (χ0v) is 18.4. The number of aryl methyl sites for hydroxylation is 1. The number of piperidine rings is 1. The van der Waals surface area contributed by atoms with Gasteiger partial charge in [-0.3, -0.25) is 4.79 Å². The summed E-state index contributed by atoms with van der Waals surface area (Å²) in [6.45, 7) is 4.41. The van der Waals surface area contributed by atoms with E-state index in [2.05, 4.69) is 18.2 Å². The highest BCUT2D eigenvalue weighted by molar-refractivity contribution is 7.89. The van der Waals surface area contributed by atoms with E-state index in [0.717, 1.165) is 37.8 Å². The van der Waals surface area contributed by atoms with Gasteiger partial charge in [0.2, 0.25) is 15.9 Å². The molecular weight excluding hydrogens is 396 g/mol. The van der Waals surface area contributed by atoms with Crippen LogP contribution in [0.1, 0.15) is 42.4 Å². The summed E-state index contributed by atoms with van der Waals surface area (Å²) < 4.78 is 27.5. The van der Waals surface area contributed by atoms with E-state index in [4.69, 9.17) is 0 Å². The molecule has 0 radical (unpaired) electrons. The van der Waals surface area contributed by atoms with Crippen LogP contribution in [0.4, 0.5) is 0 Å². The van der Waals surface area contributed by atoms with Crippen molar-refractivity contribution in [1.29, 1.82) is 0 Å². The monoisotopic (exact) mass is 426 g/mol. The molecule has 0 saturated carbocycles. The molecule has 0 spiro atoms. The number of fused-ring (bicyclic) bond motifs is 1. The molecule has 0 N–H and O–H groups in total. The van der Waals surface area contributed by atoms with Crippen molar-refractivity contribution in [1.82, 2.24) is 9.21 Å². The Morgan fingerprint density at radius 2 is 1.63 bits per heavy atom. The lowest BCUT2D eigenvalue weighted by Crippen LogP contribution is -2.39.